The normalized spacial score (nSPS) is 13.9. The van der Waals surface area contributed by atoms with Crippen LogP contribution in [0.1, 0.15) is 35.4 Å². The molecule has 1 aromatic carbocycles. The van der Waals surface area contributed by atoms with Gasteiger partial charge in [0.1, 0.15) is 0 Å². The number of piperidine rings is 1. The Balaban J connectivity index is 1.45. The fraction of sp³-hybridized carbons (Fsp3) is 0.364. The summed E-state index contributed by atoms with van der Waals surface area (Å²) >= 11 is 0. The molecule has 1 aliphatic rings. The quantitative estimate of drug-likeness (QED) is 0.679. The van der Waals surface area contributed by atoms with Crippen molar-refractivity contribution in [1.82, 2.24) is 24.8 Å². The van der Waals surface area contributed by atoms with E-state index in [0.29, 0.717) is 23.3 Å². The number of anilines is 2. The lowest BCUT2D eigenvalue weighted by Crippen LogP contribution is -2.32. The second-order valence-corrected chi connectivity index (χ2v) is 7.61. The van der Waals surface area contributed by atoms with Crippen LogP contribution in [0.2, 0.25) is 0 Å². The summed E-state index contributed by atoms with van der Waals surface area (Å²) in [5.74, 6) is 1.70. The second kappa shape index (κ2) is 8.94. The maximum Gasteiger partial charge on any atom is 0.251 e. The van der Waals surface area contributed by atoms with E-state index in [1.54, 1.807) is 0 Å². The van der Waals surface area contributed by atoms with Gasteiger partial charge < -0.3 is 19.7 Å². The molecule has 1 N–H and O–H groups in total. The second-order valence-electron chi connectivity index (χ2n) is 7.61. The fourth-order valence-corrected chi connectivity index (χ4v) is 3.46. The Kier molecular flexibility index (Phi) is 5.92. The first-order valence-corrected chi connectivity index (χ1v) is 10.3. The molecule has 4 rings (SSSR count). The molecular formula is C22H27N7O. The van der Waals surface area contributed by atoms with Gasteiger partial charge in [-0.25, -0.2) is 0 Å². The average Bonchev–Trinajstić information content (AvgIpc) is 3.33. The fourth-order valence-electron chi connectivity index (χ4n) is 3.46. The molecule has 0 unspecified atom stereocenters. The number of nitrogens with one attached hydrogen (secondary N) is 1. The maximum atomic E-state index is 12.6. The molecule has 1 aliphatic heterocycles. The summed E-state index contributed by atoms with van der Waals surface area (Å²) in [7, 11) is 3.81. The highest BCUT2D eigenvalue weighted by Gasteiger charge is 2.17. The van der Waals surface area contributed by atoms with Crippen molar-refractivity contribution in [2.24, 2.45) is 0 Å². The molecule has 3 heterocycles. The molecule has 0 spiro atoms. The number of amides is 1. The van der Waals surface area contributed by atoms with Crippen molar-refractivity contribution in [3.05, 3.63) is 60.2 Å². The number of nitrogens with zero attached hydrogens (tertiary/aromatic N) is 6. The Bertz CT molecular complexity index is 977. The van der Waals surface area contributed by atoms with E-state index in [-0.39, 0.29) is 12.5 Å². The summed E-state index contributed by atoms with van der Waals surface area (Å²) in [5, 5.41) is 2.93. The van der Waals surface area contributed by atoms with Crippen molar-refractivity contribution < 1.29 is 4.79 Å². The summed E-state index contributed by atoms with van der Waals surface area (Å²) in [4.78, 5) is 30.4. The first kappa shape index (κ1) is 19.9. The van der Waals surface area contributed by atoms with Gasteiger partial charge in [-0.1, -0.05) is 0 Å². The van der Waals surface area contributed by atoms with Gasteiger partial charge in [0.25, 0.3) is 5.91 Å². The largest absolute Gasteiger partial charge is 0.347 e. The molecule has 8 nitrogen and oxygen atoms in total. The van der Waals surface area contributed by atoms with Gasteiger partial charge in [0, 0.05) is 50.8 Å². The highest BCUT2D eigenvalue weighted by Crippen LogP contribution is 2.18. The van der Waals surface area contributed by atoms with Gasteiger partial charge in [-0.3, -0.25) is 4.79 Å². The Morgan fingerprint density at radius 1 is 1.00 bits per heavy atom. The lowest BCUT2D eigenvalue weighted by Gasteiger charge is -2.27. The number of hydrogen-bond donors (Lipinski definition) is 1. The van der Waals surface area contributed by atoms with Gasteiger partial charge in [-0.05, 0) is 55.7 Å². The van der Waals surface area contributed by atoms with Crippen molar-refractivity contribution >= 4 is 17.8 Å². The molecule has 0 bridgehead atoms. The molecule has 30 heavy (non-hydrogen) atoms. The predicted molar refractivity (Wildman–Crippen MR) is 117 cm³/mol. The van der Waals surface area contributed by atoms with E-state index in [1.807, 2.05) is 72.4 Å². The zero-order valence-electron chi connectivity index (χ0n) is 17.5. The van der Waals surface area contributed by atoms with Gasteiger partial charge >= 0.3 is 0 Å². The highest BCUT2D eigenvalue weighted by atomic mass is 16.1. The Morgan fingerprint density at radius 3 is 2.37 bits per heavy atom. The Labute approximate surface area is 176 Å². The van der Waals surface area contributed by atoms with Gasteiger partial charge in [0.2, 0.25) is 11.9 Å². The van der Waals surface area contributed by atoms with Gasteiger partial charge in [0.15, 0.2) is 5.82 Å². The van der Waals surface area contributed by atoms with Crippen molar-refractivity contribution in [1.29, 1.82) is 0 Å². The third-order valence-corrected chi connectivity index (χ3v) is 5.14. The smallest absolute Gasteiger partial charge is 0.251 e. The molecule has 1 fully saturated rings. The molecule has 3 aromatic rings. The van der Waals surface area contributed by atoms with E-state index in [2.05, 4.69) is 25.2 Å². The van der Waals surface area contributed by atoms with E-state index in [0.717, 1.165) is 31.6 Å². The maximum absolute atomic E-state index is 12.6. The van der Waals surface area contributed by atoms with Gasteiger partial charge in [-0.2, -0.15) is 15.0 Å². The first-order chi connectivity index (χ1) is 14.6. The third-order valence-electron chi connectivity index (χ3n) is 5.14. The first-order valence-electron chi connectivity index (χ1n) is 10.3. The van der Waals surface area contributed by atoms with E-state index in [4.69, 9.17) is 0 Å². The predicted octanol–water partition coefficient (Wildman–Crippen LogP) is 2.65. The molecule has 0 aliphatic carbocycles. The van der Waals surface area contributed by atoms with E-state index < -0.39 is 0 Å². The van der Waals surface area contributed by atoms with Crippen LogP contribution in [0.15, 0.2) is 48.8 Å². The van der Waals surface area contributed by atoms with Crippen molar-refractivity contribution in [3.8, 4) is 5.69 Å². The van der Waals surface area contributed by atoms with Crippen molar-refractivity contribution in [2.75, 3.05) is 37.0 Å². The SMILES string of the molecule is CN(C)c1nc(CNC(=O)c2ccc(-n3cccc3)cc2)nc(N2CCCCC2)n1. The monoisotopic (exact) mass is 405 g/mol. The zero-order chi connectivity index (χ0) is 20.9. The third kappa shape index (κ3) is 4.59. The Hall–Kier alpha value is -3.42. The average molecular weight is 406 g/mol. The number of aromatic nitrogens is 4. The lowest BCUT2D eigenvalue weighted by atomic mass is 10.1. The van der Waals surface area contributed by atoms with Crippen molar-refractivity contribution in [3.63, 3.8) is 0 Å². The van der Waals surface area contributed by atoms with Gasteiger partial charge in [-0.15, -0.1) is 0 Å². The summed E-state index contributed by atoms with van der Waals surface area (Å²) < 4.78 is 2.00. The number of rotatable bonds is 6. The van der Waals surface area contributed by atoms with Crippen LogP contribution in [0, 0.1) is 0 Å². The molecular weight excluding hydrogens is 378 g/mol. The molecule has 1 saturated heterocycles. The number of benzene rings is 1. The molecule has 0 radical (unpaired) electrons. The molecule has 0 atom stereocenters. The summed E-state index contributed by atoms with van der Waals surface area (Å²) in [6.45, 7) is 2.16. The van der Waals surface area contributed by atoms with Crippen LogP contribution in [0.25, 0.3) is 5.69 Å². The summed E-state index contributed by atoms with van der Waals surface area (Å²) in [6.07, 6.45) is 7.48. The van der Waals surface area contributed by atoms with E-state index in [1.165, 1.54) is 6.42 Å². The highest BCUT2D eigenvalue weighted by molar-refractivity contribution is 5.94. The standard InChI is InChI=1S/C22H27N7O/c1-27(2)21-24-19(25-22(26-21)29-14-4-3-5-15-29)16-23-20(30)17-8-10-18(11-9-17)28-12-6-7-13-28/h6-13H,3-5,14-16H2,1-2H3,(H,23,30). The van der Waals surface area contributed by atoms with E-state index in [9.17, 15) is 4.79 Å². The summed E-state index contributed by atoms with van der Waals surface area (Å²) in [6, 6.07) is 11.4. The number of carbonyl (C=O) groups is 1. The lowest BCUT2D eigenvalue weighted by molar-refractivity contribution is 0.0950. The van der Waals surface area contributed by atoms with Crippen LogP contribution >= 0.6 is 0 Å². The van der Waals surface area contributed by atoms with Crippen LogP contribution in [0.3, 0.4) is 0 Å². The summed E-state index contributed by atoms with van der Waals surface area (Å²) in [5.41, 5.74) is 1.61. The van der Waals surface area contributed by atoms with Crippen LogP contribution < -0.4 is 15.1 Å². The topological polar surface area (TPSA) is 79.2 Å². The van der Waals surface area contributed by atoms with E-state index >= 15 is 0 Å². The number of hydrogen-bond acceptors (Lipinski definition) is 6. The van der Waals surface area contributed by atoms with Crippen LogP contribution in [-0.2, 0) is 6.54 Å². The molecule has 2 aromatic heterocycles. The molecule has 0 saturated carbocycles. The van der Waals surface area contributed by atoms with Gasteiger partial charge in [0.05, 0.1) is 6.54 Å². The molecule has 8 heteroatoms. The minimum absolute atomic E-state index is 0.152. The van der Waals surface area contributed by atoms with Crippen molar-refractivity contribution in [2.45, 2.75) is 25.8 Å². The molecule has 156 valence electrons. The minimum Gasteiger partial charge on any atom is -0.347 e. The van der Waals surface area contributed by atoms with Crippen LogP contribution in [0.4, 0.5) is 11.9 Å². The van der Waals surface area contributed by atoms with Crippen LogP contribution in [0.5, 0.6) is 0 Å². The Morgan fingerprint density at radius 2 is 1.70 bits per heavy atom. The van der Waals surface area contributed by atoms with Crippen LogP contribution in [-0.4, -0.2) is 52.6 Å². The molecule has 1 amide bonds. The number of carbonyl (C=O) groups excluding carboxylic acids is 1. The zero-order valence-corrected chi connectivity index (χ0v) is 17.5. The minimum atomic E-state index is -0.152.